The predicted octanol–water partition coefficient (Wildman–Crippen LogP) is 5.73. The Labute approximate surface area is 204 Å². The van der Waals surface area contributed by atoms with E-state index in [1.807, 2.05) is 76.8 Å². The van der Waals surface area contributed by atoms with E-state index in [0.29, 0.717) is 18.0 Å². The van der Waals surface area contributed by atoms with Gasteiger partial charge in [-0.2, -0.15) is 0 Å². The molecule has 0 aliphatic carbocycles. The molecule has 2 unspecified atom stereocenters. The number of nitrogens with zero attached hydrogens (tertiary/aromatic N) is 1. The second-order valence-electron chi connectivity index (χ2n) is 11.6. The number of aromatic hydroxyl groups is 1. The molecule has 0 aromatic heterocycles. The lowest BCUT2D eigenvalue weighted by Gasteiger charge is -2.29. The van der Waals surface area contributed by atoms with Crippen LogP contribution >= 0.6 is 0 Å². The number of benzene rings is 2. The Hall–Kier alpha value is -2.66. The van der Waals surface area contributed by atoms with E-state index in [1.54, 1.807) is 7.11 Å². The summed E-state index contributed by atoms with van der Waals surface area (Å²) < 4.78 is 5.45. The molecular formula is C29H40N2O3. The summed E-state index contributed by atoms with van der Waals surface area (Å²) >= 11 is 0. The minimum Gasteiger partial charge on any atom is -0.507 e. The van der Waals surface area contributed by atoms with Gasteiger partial charge in [0.2, 0.25) is 0 Å². The van der Waals surface area contributed by atoms with Crippen molar-refractivity contribution in [3.05, 3.63) is 64.7 Å². The second kappa shape index (κ2) is 9.91. The van der Waals surface area contributed by atoms with Crippen LogP contribution in [0.5, 0.6) is 5.75 Å². The molecule has 1 aliphatic rings. The van der Waals surface area contributed by atoms with E-state index in [9.17, 15) is 9.90 Å². The van der Waals surface area contributed by atoms with Crippen LogP contribution in [0.25, 0.3) is 0 Å². The minimum absolute atomic E-state index is 0.00329. The number of ether oxygens (including phenoxy) is 1. The fourth-order valence-electron chi connectivity index (χ4n) is 4.83. The molecule has 2 atom stereocenters. The molecule has 1 saturated heterocycles. The van der Waals surface area contributed by atoms with E-state index >= 15 is 0 Å². The van der Waals surface area contributed by atoms with Crippen molar-refractivity contribution in [2.75, 3.05) is 20.3 Å². The Morgan fingerprint density at radius 1 is 1.06 bits per heavy atom. The van der Waals surface area contributed by atoms with Crippen LogP contribution in [0.15, 0.2) is 42.5 Å². The summed E-state index contributed by atoms with van der Waals surface area (Å²) in [6, 6.07) is 13.9. The first kappa shape index (κ1) is 26.0. The number of phenols is 1. The summed E-state index contributed by atoms with van der Waals surface area (Å²) in [6.45, 7) is 12.9. The molecule has 34 heavy (non-hydrogen) atoms. The topological polar surface area (TPSA) is 73.6 Å². The highest BCUT2D eigenvalue weighted by Gasteiger charge is 2.38. The van der Waals surface area contributed by atoms with E-state index in [4.69, 9.17) is 10.1 Å². The van der Waals surface area contributed by atoms with Gasteiger partial charge in [0.05, 0.1) is 19.2 Å². The lowest BCUT2D eigenvalue weighted by molar-refractivity contribution is 0.0906. The summed E-state index contributed by atoms with van der Waals surface area (Å²) in [5, 5.41) is 19.9. The molecule has 2 aromatic rings. The normalized spacial score (nSPS) is 19.0. The molecule has 5 heteroatoms. The van der Waals surface area contributed by atoms with Crippen molar-refractivity contribution >= 4 is 11.6 Å². The van der Waals surface area contributed by atoms with Gasteiger partial charge < -0.3 is 14.7 Å². The molecule has 1 heterocycles. The number of hydrogen-bond acceptors (Lipinski definition) is 4. The number of phenolic OH excluding ortho intramolecular Hbond substituents is 1. The summed E-state index contributed by atoms with van der Waals surface area (Å²) in [5.74, 6) is 0.795. The van der Waals surface area contributed by atoms with Gasteiger partial charge in [-0.3, -0.25) is 10.2 Å². The van der Waals surface area contributed by atoms with Gasteiger partial charge in [-0.25, -0.2) is 0 Å². The Kier molecular flexibility index (Phi) is 7.56. The summed E-state index contributed by atoms with van der Waals surface area (Å²) in [4.78, 5) is 15.5. The number of amidine groups is 1. The zero-order valence-corrected chi connectivity index (χ0v) is 21.7. The standard InChI is InChI=1S/C29H40N2O3/c1-28(2,3)23-15-20(16-24(26(23)33)29(4,5)6)25(32)17-31-22(18-34-7)14-21(27(31)30)13-19-11-9-8-10-12-19/h8-12,15-16,21-22,30,33H,13-14,17-18H2,1-7H3. The zero-order valence-electron chi connectivity index (χ0n) is 21.7. The molecule has 0 radical (unpaired) electrons. The monoisotopic (exact) mass is 464 g/mol. The van der Waals surface area contributed by atoms with E-state index in [-0.39, 0.29) is 40.9 Å². The molecule has 3 rings (SSSR count). The highest BCUT2D eigenvalue weighted by atomic mass is 16.5. The van der Waals surface area contributed by atoms with Crippen LogP contribution in [-0.4, -0.2) is 47.9 Å². The third-order valence-corrected chi connectivity index (χ3v) is 6.74. The van der Waals surface area contributed by atoms with Gasteiger partial charge >= 0.3 is 0 Å². The molecule has 5 nitrogen and oxygen atoms in total. The van der Waals surface area contributed by atoms with E-state index < -0.39 is 0 Å². The van der Waals surface area contributed by atoms with Crippen molar-refractivity contribution in [2.45, 2.75) is 71.3 Å². The highest BCUT2D eigenvalue weighted by molar-refractivity contribution is 6.01. The van der Waals surface area contributed by atoms with Gasteiger partial charge in [0.1, 0.15) is 11.6 Å². The van der Waals surface area contributed by atoms with Crippen molar-refractivity contribution in [3.63, 3.8) is 0 Å². The SMILES string of the molecule is COCC1CC(Cc2ccccc2)C(=N)N1CC(=O)c1cc(C(C)(C)C)c(O)c(C(C)(C)C)c1. The first-order valence-electron chi connectivity index (χ1n) is 12.1. The maximum atomic E-state index is 13.6. The zero-order chi connectivity index (χ0) is 25.3. The molecule has 1 fully saturated rings. The Morgan fingerprint density at radius 2 is 1.62 bits per heavy atom. The molecule has 0 bridgehead atoms. The summed E-state index contributed by atoms with van der Waals surface area (Å²) in [6.07, 6.45) is 1.58. The highest BCUT2D eigenvalue weighted by Crippen LogP contribution is 2.40. The van der Waals surface area contributed by atoms with Crippen molar-refractivity contribution in [1.82, 2.24) is 4.90 Å². The van der Waals surface area contributed by atoms with Gasteiger partial charge in [-0.1, -0.05) is 71.9 Å². The molecular weight excluding hydrogens is 424 g/mol. The largest absolute Gasteiger partial charge is 0.507 e. The predicted molar refractivity (Wildman–Crippen MR) is 138 cm³/mol. The van der Waals surface area contributed by atoms with E-state index in [2.05, 4.69) is 12.1 Å². The number of carbonyl (C=O) groups excluding carboxylic acids is 1. The van der Waals surface area contributed by atoms with Gasteiger partial charge in [0, 0.05) is 29.7 Å². The Balaban J connectivity index is 1.90. The number of likely N-dealkylation sites (tertiary alicyclic amines) is 1. The van der Waals surface area contributed by atoms with Crippen molar-refractivity contribution in [1.29, 1.82) is 5.41 Å². The van der Waals surface area contributed by atoms with Crippen LogP contribution in [-0.2, 0) is 22.0 Å². The average Bonchev–Trinajstić information content (AvgIpc) is 3.02. The van der Waals surface area contributed by atoms with Crippen LogP contribution in [0.2, 0.25) is 0 Å². The lowest BCUT2D eigenvalue weighted by atomic mass is 9.78. The number of nitrogens with one attached hydrogen (secondary N) is 1. The smallest absolute Gasteiger partial charge is 0.182 e. The molecule has 2 N–H and O–H groups in total. The van der Waals surface area contributed by atoms with Crippen LogP contribution in [0.1, 0.15) is 75.0 Å². The molecule has 2 aromatic carbocycles. The van der Waals surface area contributed by atoms with Crippen LogP contribution < -0.4 is 0 Å². The molecule has 1 aliphatic heterocycles. The number of carbonyl (C=O) groups is 1. The summed E-state index contributed by atoms with van der Waals surface area (Å²) in [5.41, 5.74) is 2.72. The van der Waals surface area contributed by atoms with Gasteiger partial charge in [0.15, 0.2) is 5.78 Å². The maximum absolute atomic E-state index is 13.6. The van der Waals surface area contributed by atoms with E-state index in [1.165, 1.54) is 5.56 Å². The first-order valence-corrected chi connectivity index (χ1v) is 12.1. The van der Waals surface area contributed by atoms with Crippen LogP contribution in [0.4, 0.5) is 0 Å². The third-order valence-electron chi connectivity index (χ3n) is 6.74. The fraction of sp³-hybridized carbons (Fsp3) is 0.517. The van der Waals surface area contributed by atoms with Crippen LogP contribution in [0, 0.1) is 11.3 Å². The summed E-state index contributed by atoms with van der Waals surface area (Å²) in [7, 11) is 1.67. The van der Waals surface area contributed by atoms with E-state index in [0.717, 1.165) is 24.0 Å². The molecule has 0 amide bonds. The van der Waals surface area contributed by atoms with Gasteiger partial charge in [-0.05, 0) is 41.4 Å². The van der Waals surface area contributed by atoms with Gasteiger partial charge in [-0.15, -0.1) is 0 Å². The lowest BCUT2D eigenvalue weighted by Crippen LogP contribution is -2.40. The molecule has 0 spiro atoms. The maximum Gasteiger partial charge on any atom is 0.182 e. The first-order chi connectivity index (χ1) is 15.8. The molecule has 0 saturated carbocycles. The average molecular weight is 465 g/mol. The Morgan fingerprint density at radius 3 is 2.12 bits per heavy atom. The Bertz CT molecular complexity index is 997. The fourth-order valence-corrected chi connectivity index (χ4v) is 4.83. The minimum atomic E-state index is -0.305. The number of rotatable bonds is 7. The van der Waals surface area contributed by atoms with Crippen molar-refractivity contribution in [2.24, 2.45) is 5.92 Å². The number of methoxy groups -OCH3 is 1. The quantitative estimate of drug-likeness (QED) is 0.514. The van der Waals surface area contributed by atoms with Crippen LogP contribution in [0.3, 0.4) is 0 Å². The van der Waals surface area contributed by atoms with Crippen molar-refractivity contribution < 1.29 is 14.6 Å². The number of ketones is 1. The molecule has 184 valence electrons. The second-order valence-corrected chi connectivity index (χ2v) is 11.6. The number of hydrogen-bond donors (Lipinski definition) is 2. The number of Topliss-reactive ketones (excluding diaryl/α,β-unsaturated/α-hetero) is 1. The third kappa shape index (κ3) is 5.69. The van der Waals surface area contributed by atoms with Gasteiger partial charge in [0.25, 0.3) is 0 Å². The van der Waals surface area contributed by atoms with Crippen molar-refractivity contribution in [3.8, 4) is 5.75 Å².